The van der Waals surface area contributed by atoms with Crippen molar-refractivity contribution >= 4 is 11.8 Å². The average molecular weight is 304 g/mol. The van der Waals surface area contributed by atoms with Crippen molar-refractivity contribution in [2.24, 2.45) is 0 Å². The van der Waals surface area contributed by atoms with Crippen molar-refractivity contribution in [1.82, 2.24) is 9.80 Å². The van der Waals surface area contributed by atoms with Crippen molar-refractivity contribution < 1.29 is 14.3 Å². The molecule has 0 aromatic heterocycles. The zero-order chi connectivity index (χ0) is 15.9. The Bertz CT molecular complexity index is 502. The Morgan fingerprint density at radius 1 is 1.27 bits per heavy atom. The number of ether oxygens (including phenoxy) is 1. The zero-order valence-corrected chi connectivity index (χ0v) is 13.3. The molecule has 1 saturated heterocycles. The summed E-state index contributed by atoms with van der Waals surface area (Å²) in [6.07, 6.45) is 2.75. The van der Waals surface area contributed by atoms with Crippen molar-refractivity contribution in [2.75, 3.05) is 27.2 Å². The van der Waals surface area contributed by atoms with E-state index in [0.29, 0.717) is 26.0 Å². The second-order valence-corrected chi connectivity index (χ2v) is 5.74. The van der Waals surface area contributed by atoms with Gasteiger partial charge >= 0.3 is 0 Å². The van der Waals surface area contributed by atoms with Gasteiger partial charge in [-0.05, 0) is 31.4 Å². The molecule has 1 aliphatic rings. The maximum atomic E-state index is 12.3. The van der Waals surface area contributed by atoms with Crippen LogP contribution in [-0.2, 0) is 9.59 Å². The van der Waals surface area contributed by atoms with Crippen LogP contribution in [0.3, 0.4) is 0 Å². The second-order valence-electron chi connectivity index (χ2n) is 5.74. The first-order valence-corrected chi connectivity index (χ1v) is 7.78. The van der Waals surface area contributed by atoms with Gasteiger partial charge in [-0.2, -0.15) is 0 Å². The van der Waals surface area contributed by atoms with E-state index in [0.717, 1.165) is 18.6 Å². The summed E-state index contributed by atoms with van der Waals surface area (Å²) >= 11 is 0. The molecule has 2 amide bonds. The van der Waals surface area contributed by atoms with Crippen LogP contribution in [0, 0.1) is 0 Å². The Morgan fingerprint density at radius 3 is 2.68 bits per heavy atom. The summed E-state index contributed by atoms with van der Waals surface area (Å²) in [6, 6.07) is 9.29. The molecule has 2 rings (SSSR count). The summed E-state index contributed by atoms with van der Waals surface area (Å²) < 4.78 is 5.59. The van der Waals surface area contributed by atoms with Gasteiger partial charge in [-0.25, -0.2) is 0 Å². The molecule has 5 nitrogen and oxygen atoms in total. The maximum Gasteiger partial charge on any atom is 0.244 e. The molecule has 1 unspecified atom stereocenters. The van der Waals surface area contributed by atoms with E-state index in [-0.39, 0.29) is 17.9 Å². The van der Waals surface area contributed by atoms with Crippen LogP contribution in [0.4, 0.5) is 0 Å². The van der Waals surface area contributed by atoms with Crippen LogP contribution in [0.15, 0.2) is 30.3 Å². The highest BCUT2D eigenvalue weighted by Gasteiger charge is 2.34. The van der Waals surface area contributed by atoms with Gasteiger partial charge in [0.25, 0.3) is 0 Å². The lowest BCUT2D eigenvalue weighted by Gasteiger charge is -2.26. The van der Waals surface area contributed by atoms with E-state index >= 15 is 0 Å². The molecular formula is C17H24N2O3. The highest BCUT2D eigenvalue weighted by molar-refractivity contribution is 5.88. The first kappa shape index (κ1) is 16.3. The number of amides is 2. The molecule has 0 N–H and O–H groups in total. The smallest absolute Gasteiger partial charge is 0.244 e. The minimum Gasteiger partial charge on any atom is -0.494 e. The van der Waals surface area contributed by atoms with Gasteiger partial charge in [-0.3, -0.25) is 9.59 Å². The molecule has 120 valence electrons. The van der Waals surface area contributed by atoms with Gasteiger partial charge < -0.3 is 14.5 Å². The third kappa shape index (κ3) is 4.23. The average Bonchev–Trinajstić information content (AvgIpc) is 3.01. The summed E-state index contributed by atoms with van der Waals surface area (Å²) in [5.41, 5.74) is 0. The third-order valence-electron chi connectivity index (χ3n) is 3.85. The van der Waals surface area contributed by atoms with E-state index < -0.39 is 0 Å². The molecule has 1 aromatic rings. The second kappa shape index (κ2) is 7.82. The Hall–Kier alpha value is -2.04. The van der Waals surface area contributed by atoms with Gasteiger partial charge in [0.15, 0.2) is 0 Å². The molecule has 1 heterocycles. The van der Waals surface area contributed by atoms with Crippen LogP contribution in [0.25, 0.3) is 0 Å². The number of para-hydroxylation sites is 1. The highest BCUT2D eigenvalue weighted by atomic mass is 16.5. The Morgan fingerprint density at radius 2 is 2.00 bits per heavy atom. The number of carbonyl (C=O) groups is 2. The van der Waals surface area contributed by atoms with Crippen molar-refractivity contribution in [3.05, 3.63) is 30.3 Å². The van der Waals surface area contributed by atoms with Crippen LogP contribution in [-0.4, -0.2) is 54.9 Å². The van der Waals surface area contributed by atoms with Crippen LogP contribution in [0.2, 0.25) is 0 Å². The molecule has 5 heteroatoms. The first-order chi connectivity index (χ1) is 10.6. The van der Waals surface area contributed by atoms with Gasteiger partial charge in [0, 0.05) is 27.1 Å². The molecule has 0 bridgehead atoms. The molecule has 0 radical (unpaired) electrons. The van der Waals surface area contributed by atoms with E-state index in [1.807, 2.05) is 30.3 Å². The first-order valence-electron chi connectivity index (χ1n) is 7.78. The number of carbonyl (C=O) groups excluding carboxylic acids is 2. The molecule has 1 atom stereocenters. The number of hydrogen-bond donors (Lipinski definition) is 0. The molecule has 0 saturated carbocycles. The van der Waals surface area contributed by atoms with Gasteiger partial charge in [0.1, 0.15) is 11.8 Å². The molecular weight excluding hydrogens is 280 g/mol. The molecule has 1 aromatic carbocycles. The summed E-state index contributed by atoms with van der Waals surface area (Å²) in [4.78, 5) is 27.7. The summed E-state index contributed by atoms with van der Waals surface area (Å²) in [6.45, 7) is 1.19. The lowest BCUT2D eigenvalue weighted by molar-refractivity contribution is -0.142. The standard InChI is InChI=1S/C17H24N2O3/c1-18(2)17(21)15-10-6-12-19(15)16(20)11-7-13-22-14-8-4-3-5-9-14/h3-5,8-9,15H,6-7,10-13H2,1-2H3. The van der Waals surface area contributed by atoms with E-state index in [1.54, 1.807) is 23.9 Å². The monoisotopic (exact) mass is 304 g/mol. The molecule has 1 aliphatic heterocycles. The van der Waals surface area contributed by atoms with Crippen molar-refractivity contribution in [3.8, 4) is 5.75 Å². The molecule has 0 aliphatic carbocycles. The lowest BCUT2D eigenvalue weighted by Crippen LogP contribution is -2.45. The summed E-state index contributed by atoms with van der Waals surface area (Å²) in [7, 11) is 3.47. The van der Waals surface area contributed by atoms with E-state index in [4.69, 9.17) is 4.74 Å². The Labute approximate surface area is 131 Å². The molecule has 1 fully saturated rings. The van der Waals surface area contributed by atoms with Crippen LogP contribution in [0.1, 0.15) is 25.7 Å². The van der Waals surface area contributed by atoms with Crippen LogP contribution >= 0.6 is 0 Å². The normalized spacial score (nSPS) is 17.4. The fourth-order valence-electron chi connectivity index (χ4n) is 2.69. The van der Waals surface area contributed by atoms with Crippen molar-refractivity contribution in [3.63, 3.8) is 0 Å². The number of hydrogen-bond acceptors (Lipinski definition) is 3. The van der Waals surface area contributed by atoms with E-state index in [9.17, 15) is 9.59 Å². The molecule has 0 spiro atoms. The number of nitrogens with zero attached hydrogens (tertiary/aromatic N) is 2. The predicted molar refractivity (Wildman–Crippen MR) is 84.6 cm³/mol. The number of likely N-dealkylation sites (N-methyl/N-ethyl adjacent to an activating group) is 1. The van der Waals surface area contributed by atoms with Crippen molar-refractivity contribution in [1.29, 1.82) is 0 Å². The number of likely N-dealkylation sites (tertiary alicyclic amines) is 1. The maximum absolute atomic E-state index is 12.3. The van der Waals surface area contributed by atoms with Gasteiger partial charge in [0.2, 0.25) is 11.8 Å². The Kier molecular flexibility index (Phi) is 5.81. The van der Waals surface area contributed by atoms with Crippen LogP contribution < -0.4 is 4.74 Å². The quantitative estimate of drug-likeness (QED) is 0.755. The fraction of sp³-hybridized carbons (Fsp3) is 0.529. The minimum absolute atomic E-state index is 0.0198. The summed E-state index contributed by atoms with van der Waals surface area (Å²) in [5.74, 6) is 0.887. The van der Waals surface area contributed by atoms with Gasteiger partial charge in [-0.1, -0.05) is 18.2 Å². The lowest BCUT2D eigenvalue weighted by atomic mass is 10.2. The zero-order valence-electron chi connectivity index (χ0n) is 13.3. The van der Waals surface area contributed by atoms with E-state index in [1.165, 1.54) is 0 Å². The van der Waals surface area contributed by atoms with Gasteiger partial charge in [0.05, 0.1) is 6.61 Å². The predicted octanol–water partition coefficient (Wildman–Crippen LogP) is 1.92. The number of rotatable bonds is 6. The molecule has 22 heavy (non-hydrogen) atoms. The van der Waals surface area contributed by atoms with Crippen LogP contribution in [0.5, 0.6) is 5.75 Å². The SMILES string of the molecule is CN(C)C(=O)C1CCCN1C(=O)CCCOc1ccccc1. The minimum atomic E-state index is -0.280. The van der Waals surface area contributed by atoms with Gasteiger partial charge in [-0.15, -0.1) is 0 Å². The van der Waals surface area contributed by atoms with E-state index in [2.05, 4.69) is 0 Å². The van der Waals surface area contributed by atoms with Crippen molar-refractivity contribution in [2.45, 2.75) is 31.7 Å². The fourth-order valence-corrected chi connectivity index (χ4v) is 2.69. The topological polar surface area (TPSA) is 49.9 Å². The third-order valence-corrected chi connectivity index (χ3v) is 3.85. The number of benzene rings is 1. The highest BCUT2D eigenvalue weighted by Crippen LogP contribution is 2.20. The Balaban J connectivity index is 1.76. The summed E-state index contributed by atoms with van der Waals surface area (Å²) in [5, 5.41) is 0. The largest absolute Gasteiger partial charge is 0.494 e.